The molecule has 0 unspecified atom stereocenters. The lowest BCUT2D eigenvalue weighted by atomic mass is 10.0. The highest BCUT2D eigenvalue weighted by Gasteiger charge is 2.42. The summed E-state index contributed by atoms with van der Waals surface area (Å²) < 4.78 is 6.39. The summed E-state index contributed by atoms with van der Waals surface area (Å²) in [6.07, 6.45) is 2.17. The van der Waals surface area contributed by atoms with Crippen molar-refractivity contribution in [3.8, 4) is 11.3 Å². The van der Waals surface area contributed by atoms with Gasteiger partial charge in [0.25, 0.3) is 0 Å². The van der Waals surface area contributed by atoms with E-state index in [1.54, 1.807) is 18.3 Å². The van der Waals surface area contributed by atoms with Crippen LogP contribution in [0.3, 0.4) is 0 Å². The van der Waals surface area contributed by atoms with Gasteiger partial charge in [0, 0.05) is 29.6 Å². The third kappa shape index (κ3) is 5.07. The van der Waals surface area contributed by atoms with Crippen LogP contribution in [-0.4, -0.2) is 16.0 Å². The second kappa shape index (κ2) is 10.5. The Morgan fingerprint density at radius 3 is 2.65 bits per heavy atom. The summed E-state index contributed by atoms with van der Waals surface area (Å²) in [6.45, 7) is 3.78. The van der Waals surface area contributed by atoms with Gasteiger partial charge in [-0.1, -0.05) is 36.2 Å². The summed E-state index contributed by atoms with van der Waals surface area (Å²) in [5, 5.41) is 7.87. The zero-order chi connectivity index (χ0) is 26.1. The number of nitrogens with zero attached hydrogens (tertiary/aromatic N) is 2. The second-order valence-electron chi connectivity index (χ2n) is 8.73. The van der Waals surface area contributed by atoms with Crippen molar-refractivity contribution in [2.24, 2.45) is 0 Å². The maximum absolute atomic E-state index is 11.9. The Morgan fingerprint density at radius 2 is 1.95 bits per heavy atom. The molecule has 1 saturated heterocycles. The minimum atomic E-state index is -0.311. The minimum absolute atomic E-state index is 0.0345. The van der Waals surface area contributed by atoms with Crippen molar-refractivity contribution >= 4 is 57.8 Å². The molecular weight excluding hydrogens is 527 g/mol. The predicted octanol–water partition coefficient (Wildman–Crippen LogP) is 7.48. The molecule has 2 aromatic heterocycles. The highest BCUT2D eigenvalue weighted by molar-refractivity contribution is 7.80. The molecule has 0 bridgehead atoms. The Kier molecular flexibility index (Phi) is 7.20. The number of halogens is 2. The van der Waals surface area contributed by atoms with E-state index in [9.17, 15) is 4.79 Å². The van der Waals surface area contributed by atoms with Crippen LogP contribution in [0.15, 0.2) is 77.3 Å². The minimum Gasteiger partial charge on any atom is -0.459 e. The monoisotopic (exact) mass is 550 g/mol. The highest BCUT2D eigenvalue weighted by atomic mass is 35.5. The Morgan fingerprint density at radius 1 is 1.11 bits per heavy atom. The fourth-order valence-corrected chi connectivity index (χ4v) is 5.06. The summed E-state index contributed by atoms with van der Waals surface area (Å²) >= 11 is 18.2. The number of carbonyl (C=O) groups is 1. The SMILES string of the molecule is CCC(=O)Nc1ccc(N2C(=S)N[C@@H](c3ccccn3)[C@@H]2c2ccc(-c3ccc(Cl)c(Cl)c3)o2)cc1C. The van der Waals surface area contributed by atoms with Gasteiger partial charge in [0.15, 0.2) is 5.11 Å². The van der Waals surface area contributed by atoms with Crippen LogP contribution in [-0.2, 0) is 4.79 Å². The number of furan rings is 1. The summed E-state index contributed by atoms with van der Waals surface area (Å²) in [5.41, 5.74) is 4.24. The first-order valence-electron chi connectivity index (χ1n) is 11.8. The lowest BCUT2D eigenvalue weighted by molar-refractivity contribution is -0.115. The van der Waals surface area contributed by atoms with Gasteiger partial charge < -0.3 is 20.0 Å². The Bertz CT molecular complexity index is 1470. The summed E-state index contributed by atoms with van der Waals surface area (Å²) in [5.74, 6) is 1.35. The molecule has 4 aromatic rings. The molecule has 9 heteroatoms. The largest absolute Gasteiger partial charge is 0.459 e. The number of hydrogen-bond donors (Lipinski definition) is 2. The summed E-state index contributed by atoms with van der Waals surface area (Å²) in [7, 11) is 0. The van der Waals surface area contributed by atoms with Crippen molar-refractivity contribution in [2.75, 3.05) is 10.2 Å². The standard InChI is InChI=1S/C28H24Cl2N4O2S/c1-3-25(35)32-21-10-8-18(14-16(21)2)34-27(26(33-28(34)37)22-6-4-5-13-31-22)24-12-11-23(36-24)17-7-9-19(29)20(30)15-17/h4-15,26-27H,3H2,1-2H3,(H,32,35)(H,33,37)/t26-,27-/m0/s1. The number of aryl methyl sites for hydroxylation is 1. The maximum atomic E-state index is 11.9. The van der Waals surface area contributed by atoms with E-state index in [0.29, 0.717) is 33.1 Å². The second-order valence-corrected chi connectivity index (χ2v) is 9.93. The molecular formula is C28H24Cl2N4O2S. The van der Waals surface area contributed by atoms with Gasteiger partial charge in [0.2, 0.25) is 5.91 Å². The number of benzene rings is 2. The normalized spacial score (nSPS) is 17.1. The summed E-state index contributed by atoms with van der Waals surface area (Å²) in [4.78, 5) is 18.6. The van der Waals surface area contributed by atoms with E-state index < -0.39 is 0 Å². The first-order valence-corrected chi connectivity index (χ1v) is 13.0. The number of amides is 1. The first-order chi connectivity index (χ1) is 17.9. The number of pyridine rings is 1. The summed E-state index contributed by atoms with van der Waals surface area (Å²) in [6, 6.07) is 20.4. The Labute approximate surface area is 230 Å². The molecule has 0 aliphatic carbocycles. The van der Waals surface area contributed by atoms with Crippen LogP contribution in [0.25, 0.3) is 11.3 Å². The predicted molar refractivity (Wildman–Crippen MR) is 152 cm³/mol. The smallest absolute Gasteiger partial charge is 0.224 e. The van der Waals surface area contributed by atoms with Gasteiger partial charge in [0.05, 0.1) is 21.8 Å². The van der Waals surface area contributed by atoms with Crippen LogP contribution in [0.1, 0.15) is 42.4 Å². The number of rotatable bonds is 6. The van der Waals surface area contributed by atoms with E-state index in [0.717, 1.165) is 28.2 Å². The Balaban J connectivity index is 1.56. The van der Waals surface area contributed by atoms with Crippen LogP contribution in [0.4, 0.5) is 11.4 Å². The molecule has 6 nitrogen and oxygen atoms in total. The number of thiocarbonyl (C=S) groups is 1. The maximum Gasteiger partial charge on any atom is 0.224 e. The van der Waals surface area contributed by atoms with E-state index in [1.807, 2.05) is 73.3 Å². The number of nitrogens with one attached hydrogen (secondary N) is 2. The third-order valence-electron chi connectivity index (χ3n) is 6.30. The van der Waals surface area contributed by atoms with Crippen LogP contribution in [0.2, 0.25) is 10.0 Å². The highest BCUT2D eigenvalue weighted by Crippen LogP contribution is 2.43. The number of anilines is 2. The fraction of sp³-hybridized carbons (Fsp3) is 0.179. The van der Waals surface area contributed by atoms with E-state index in [2.05, 4.69) is 15.6 Å². The molecule has 188 valence electrons. The van der Waals surface area contributed by atoms with Crippen LogP contribution in [0.5, 0.6) is 0 Å². The van der Waals surface area contributed by atoms with E-state index >= 15 is 0 Å². The zero-order valence-corrected chi connectivity index (χ0v) is 22.5. The lowest BCUT2D eigenvalue weighted by Crippen LogP contribution is -2.29. The molecule has 0 spiro atoms. The molecule has 3 heterocycles. The van der Waals surface area contributed by atoms with Crippen molar-refractivity contribution in [3.05, 3.63) is 100.0 Å². The average Bonchev–Trinajstić information content (AvgIpc) is 3.52. The molecule has 0 saturated carbocycles. The van der Waals surface area contributed by atoms with Gasteiger partial charge in [0.1, 0.15) is 17.6 Å². The van der Waals surface area contributed by atoms with Crippen molar-refractivity contribution in [2.45, 2.75) is 32.4 Å². The molecule has 1 fully saturated rings. The van der Waals surface area contributed by atoms with Crippen molar-refractivity contribution in [1.29, 1.82) is 0 Å². The number of aromatic nitrogens is 1. The van der Waals surface area contributed by atoms with Crippen molar-refractivity contribution in [1.82, 2.24) is 10.3 Å². The van der Waals surface area contributed by atoms with Gasteiger partial charge in [-0.15, -0.1) is 0 Å². The molecule has 1 aliphatic rings. The lowest BCUT2D eigenvalue weighted by Gasteiger charge is -2.26. The molecule has 1 aliphatic heterocycles. The van der Waals surface area contributed by atoms with Crippen molar-refractivity contribution in [3.63, 3.8) is 0 Å². The Hall–Kier alpha value is -3.39. The molecule has 2 N–H and O–H groups in total. The average molecular weight is 551 g/mol. The quantitative estimate of drug-likeness (QED) is 0.242. The number of hydrogen-bond acceptors (Lipinski definition) is 4. The molecule has 2 atom stereocenters. The van der Waals surface area contributed by atoms with E-state index in [4.69, 9.17) is 39.8 Å². The first kappa shape index (κ1) is 25.3. The van der Waals surface area contributed by atoms with Gasteiger partial charge in [-0.3, -0.25) is 9.78 Å². The third-order valence-corrected chi connectivity index (χ3v) is 7.36. The fourth-order valence-electron chi connectivity index (χ4n) is 4.41. The van der Waals surface area contributed by atoms with Crippen LogP contribution in [0, 0.1) is 6.92 Å². The molecule has 2 aromatic carbocycles. The van der Waals surface area contributed by atoms with Gasteiger partial charge in [-0.25, -0.2) is 0 Å². The molecule has 1 amide bonds. The van der Waals surface area contributed by atoms with Gasteiger partial charge in [-0.2, -0.15) is 0 Å². The van der Waals surface area contributed by atoms with Crippen LogP contribution < -0.4 is 15.5 Å². The molecule has 0 radical (unpaired) electrons. The van der Waals surface area contributed by atoms with E-state index in [-0.39, 0.29) is 18.0 Å². The van der Waals surface area contributed by atoms with Gasteiger partial charge >= 0.3 is 0 Å². The van der Waals surface area contributed by atoms with E-state index in [1.165, 1.54) is 0 Å². The molecule has 5 rings (SSSR count). The van der Waals surface area contributed by atoms with Crippen LogP contribution >= 0.6 is 35.4 Å². The topological polar surface area (TPSA) is 70.4 Å². The van der Waals surface area contributed by atoms with Gasteiger partial charge in [-0.05, 0) is 85.4 Å². The number of carbonyl (C=O) groups excluding carboxylic acids is 1. The zero-order valence-electron chi connectivity index (χ0n) is 20.2. The van der Waals surface area contributed by atoms with Crippen molar-refractivity contribution < 1.29 is 9.21 Å². The molecule has 37 heavy (non-hydrogen) atoms.